The highest BCUT2D eigenvalue weighted by atomic mass is 79.9. The van der Waals surface area contributed by atoms with Gasteiger partial charge in [0.15, 0.2) is 6.61 Å². The minimum absolute atomic E-state index is 0.0443. The van der Waals surface area contributed by atoms with Crippen molar-refractivity contribution >= 4 is 39.3 Å². The second-order valence-corrected chi connectivity index (χ2v) is 7.73. The number of rotatable bonds is 9. The maximum absolute atomic E-state index is 14.1. The van der Waals surface area contributed by atoms with E-state index < -0.39 is 17.8 Å². The van der Waals surface area contributed by atoms with Gasteiger partial charge in [0.2, 0.25) is 5.91 Å². The number of hydrogen-bond acceptors (Lipinski definition) is 3. The molecule has 0 aliphatic rings. The van der Waals surface area contributed by atoms with Gasteiger partial charge in [-0.05, 0) is 53.5 Å². The molecule has 2 rings (SSSR count). The second kappa shape index (κ2) is 11.2. The van der Waals surface area contributed by atoms with E-state index in [0.29, 0.717) is 27.4 Å². The molecule has 8 heteroatoms. The first-order valence-corrected chi connectivity index (χ1v) is 10.4. The molecule has 29 heavy (non-hydrogen) atoms. The fourth-order valence-electron chi connectivity index (χ4n) is 2.60. The molecule has 0 aliphatic carbocycles. The molecule has 1 N–H and O–H groups in total. The van der Waals surface area contributed by atoms with E-state index in [9.17, 15) is 14.0 Å². The minimum atomic E-state index is -0.786. The summed E-state index contributed by atoms with van der Waals surface area (Å²) in [6.07, 6.45) is 0.771. The van der Waals surface area contributed by atoms with Crippen LogP contribution in [0.15, 0.2) is 46.9 Å². The molecule has 0 radical (unpaired) electrons. The number of ether oxygens (including phenoxy) is 1. The van der Waals surface area contributed by atoms with Gasteiger partial charge in [-0.3, -0.25) is 9.59 Å². The number of halogens is 3. The quantitative estimate of drug-likeness (QED) is 0.566. The third-order valence-electron chi connectivity index (χ3n) is 4.26. The summed E-state index contributed by atoms with van der Waals surface area (Å²) in [5, 5.41) is 3.29. The van der Waals surface area contributed by atoms with Gasteiger partial charge >= 0.3 is 0 Å². The summed E-state index contributed by atoms with van der Waals surface area (Å²) in [4.78, 5) is 26.6. The maximum atomic E-state index is 14.1. The standard InChI is InChI=1S/C21H23BrClFN2O3/c1-3-10-25-21(28)14(2)26(12-15-6-4-5-7-18(15)24)20(27)13-29-19-9-8-16(23)11-17(19)22/h4-9,11,14H,3,10,12-13H2,1-2H3,(H,25,28). The van der Waals surface area contributed by atoms with E-state index in [4.69, 9.17) is 16.3 Å². The number of amides is 2. The van der Waals surface area contributed by atoms with Crippen LogP contribution in [0.4, 0.5) is 4.39 Å². The van der Waals surface area contributed by atoms with Crippen LogP contribution in [0.1, 0.15) is 25.8 Å². The van der Waals surface area contributed by atoms with Crippen molar-refractivity contribution in [3.05, 3.63) is 63.3 Å². The van der Waals surface area contributed by atoms with Gasteiger partial charge in [-0.15, -0.1) is 0 Å². The Bertz CT molecular complexity index is 866. The lowest BCUT2D eigenvalue weighted by Gasteiger charge is -2.29. The van der Waals surface area contributed by atoms with Crippen LogP contribution in [-0.4, -0.2) is 35.9 Å². The lowest BCUT2D eigenvalue weighted by molar-refractivity contribution is -0.142. The predicted molar refractivity (Wildman–Crippen MR) is 114 cm³/mol. The molecule has 156 valence electrons. The van der Waals surface area contributed by atoms with E-state index in [2.05, 4.69) is 21.2 Å². The molecular formula is C21H23BrClFN2O3. The van der Waals surface area contributed by atoms with Crippen LogP contribution < -0.4 is 10.1 Å². The first-order chi connectivity index (χ1) is 13.8. The normalized spacial score (nSPS) is 11.6. The van der Waals surface area contributed by atoms with Crippen molar-refractivity contribution in [2.75, 3.05) is 13.2 Å². The van der Waals surface area contributed by atoms with Crippen molar-refractivity contribution in [3.8, 4) is 5.75 Å². The Hall–Kier alpha value is -2.12. The number of carbonyl (C=O) groups excluding carboxylic acids is 2. The number of benzene rings is 2. The predicted octanol–water partition coefficient (Wildman–Crippen LogP) is 4.56. The molecule has 0 fully saturated rings. The SMILES string of the molecule is CCCNC(=O)C(C)N(Cc1ccccc1F)C(=O)COc1ccc(Cl)cc1Br. The molecule has 1 unspecified atom stereocenters. The van der Waals surface area contributed by atoms with E-state index in [1.165, 1.54) is 11.0 Å². The highest BCUT2D eigenvalue weighted by Gasteiger charge is 2.27. The number of carbonyl (C=O) groups is 2. The van der Waals surface area contributed by atoms with Crippen molar-refractivity contribution in [2.24, 2.45) is 0 Å². The maximum Gasteiger partial charge on any atom is 0.261 e. The van der Waals surface area contributed by atoms with Crippen LogP contribution in [0, 0.1) is 5.82 Å². The van der Waals surface area contributed by atoms with Gasteiger partial charge in [0.1, 0.15) is 17.6 Å². The zero-order chi connectivity index (χ0) is 21.4. The van der Waals surface area contributed by atoms with Crippen LogP contribution in [-0.2, 0) is 16.1 Å². The third kappa shape index (κ3) is 6.72. The van der Waals surface area contributed by atoms with E-state index in [1.54, 1.807) is 43.3 Å². The van der Waals surface area contributed by atoms with Crippen molar-refractivity contribution in [1.29, 1.82) is 0 Å². The van der Waals surface area contributed by atoms with Crippen LogP contribution >= 0.6 is 27.5 Å². The fraction of sp³-hybridized carbons (Fsp3) is 0.333. The Morgan fingerprint density at radius 3 is 2.66 bits per heavy atom. The monoisotopic (exact) mass is 484 g/mol. The summed E-state index contributed by atoms with van der Waals surface area (Å²) >= 11 is 9.24. The topological polar surface area (TPSA) is 58.6 Å². The fourth-order valence-corrected chi connectivity index (χ4v) is 3.40. The van der Waals surface area contributed by atoms with Crippen molar-refractivity contribution in [2.45, 2.75) is 32.9 Å². The molecule has 0 bridgehead atoms. The van der Waals surface area contributed by atoms with Gasteiger partial charge < -0.3 is 15.0 Å². The summed E-state index contributed by atoms with van der Waals surface area (Å²) in [7, 11) is 0. The summed E-state index contributed by atoms with van der Waals surface area (Å²) in [6.45, 7) is 3.70. The lowest BCUT2D eigenvalue weighted by Crippen LogP contribution is -2.49. The molecule has 5 nitrogen and oxygen atoms in total. The van der Waals surface area contributed by atoms with Gasteiger partial charge in [-0.25, -0.2) is 4.39 Å². The Kier molecular flexibility index (Phi) is 8.92. The number of nitrogens with one attached hydrogen (secondary N) is 1. The smallest absolute Gasteiger partial charge is 0.261 e. The molecular weight excluding hydrogens is 463 g/mol. The van der Waals surface area contributed by atoms with E-state index in [1.807, 2.05) is 6.92 Å². The largest absolute Gasteiger partial charge is 0.483 e. The van der Waals surface area contributed by atoms with E-state index in [-0.39, 0.29) is 19.1 Å². The Morgan fingerprint density at radius 1 is 1.28 bits per heavy atom. The first kappa shape index (κ1) is 23.2. The Morgan fingerprint density at radius 2 is 2.00 bits per heavy atom. The van der Waals surface area contributed by atoms with E-state index >= 15 is 0 Å². The molecule has 0 spiro atoms. The van der Waals surface area contributed by atoms with Gasteiger partial charge in [-0.2, -0.15) is 0 Å². The third-order valence-corrected chi connectivity index (χ3v) is 5.11. The molecule has 2 aromatic rings. The molecule has 0 heterocycles. The molecule has 2 amide bonds. The van der Waals surface area contributed by atoms with Gasteiger partial charge in [0.05, 0.1) is 4.47 Å². The number of hydrogen-bond donors (Lipinski definition) is 1. The second-order valence-electron chi connectivity index (χ2n) is 6.44. The van der Waals surface area contributed by atoms with E-state index in [0.717, 1.165) is 6.42 Å². The Balaban J connectivity index is 2.17. The van der Waals surface area contributed by atoms with Crippen molar-refractivity contribution < 1.29 is 18.7 Å². The average molecular weight is 486 g/mol. The van der Waals surface area contributed by atoms with Gasteiger partial charge in [-0.1, -0.05) is 36.7 Å². The van der Waals surface area contributed by atoms with Crippen LogP contribution in [0.2, 0.25) is 5.02 Å². The van der Waals surface area contributed by atoms with Crippen molar-refractivity contribution in [3.63, 3.8) is 0 Å². The molecule has 0 aliphatic heterocycles. The van der Waals surface area contributed by atoms with Gasteiger partial charge in [0, 0.05) is 23.7 Å². The van der Waals surface area contributed by atoms with Crippen LogP contribution in [0.25, 0.3) is 0 Å². The zero-order valence-corrected chi connectivity index (χ0v) is 18.6. The van der Waals surface area contributed by atoms with Crippen LogP contribution in [0.3, 0.4) is 0 Å². The molecule has 2 aromatic carbocycles. The highest BCUT2D eigenvalue weighted by Crippen LogP contribution is 2.28. The number of nitrogens with zero attached hydrogens (tertiary/aromatic N) is 1. The summed E-state index contributed by atoms with van der Waals surface area (Å²) < 4.78 is 20.3. The molecule has 1 atom stereocenters. The summed E-state index contributed by atoms with van der Waals surface area (Å²) in [5.74, 6) is -0.733. The zero-order valence-electron chi connectivity index (χ0n) is 16.3. The first-order valence-electron chi connectivity index (χ1n) is 9.22. The lowest BCUT2D eigenvalue weighted by atomic mass is 10.1. The highest BCUT2D eigenvalue weighted by molar-refractivity contribution is 9.10. The Labute approximate surface area is 183 Å². The molecule has 0 aromatic heterocycles. The minimum Gasteiger partial charge on any atom is -0.483 e. The average Bonchev–Trinajstić information content (AvgIpc) is 2.70. The summed E-state index contributed by atoms with van der Waals surface area (Å²) in [5.41, 5.74) is 0.323. The molecule has 0 saturated heterocycles. The van der Waals surface area contributed by atoms with Crippen LogP contribution in [0.5, 0.6) is 5.75 Å². The molecule has 0 saturated carbocycles. The summed E-state index contributed by atoms with van der Waals surface area (Å²) in [6, 6.07) is 10.3. The van der Waals surface area contributed by atoms with Gasteiger partial charge in [0.25, 0.3) is 5.91 Å². The van der Waals surface area contributed by atoms with Crippen molar-refractivity contribution in [1.82, 2.24) is 10.2 Å².